The van der Waals surface area contributed by atoms with Gasteiger partial charge in [-0.15, -0.1) is 0 Å². The number of ether oxygens (including phenoxy) is 1. The highest BCUT2D eigenvalue weighted by Crippen LogP contribution is 2.29. The molecule has 0 saturated heterocycles. The summed E-state index contributed by atoms with van der Waals surface area (Å²) in [5, 5.41) is 0. The fourth-order valence-corrected chi connectivity index (χ4v) is 1.83. The van der Waals surface area contributed by atoms with Crippen molar-refractivity contribution in [1.82, 2.24) is 9.97 Å². The van der Waals surface area contributed by atoms with Crippen molar-refractivity contribution in [3.63, 3.8) is 0 Å². The van der Waals surface area contributed by atoms with Crippen LogP contribution in [0.3, 0.4) is 0 Å². The molecule has 1 aromatic heterocycles. The lowest BCUT2D eigenvalue weighted by atomic mass is 10.0. The molecular formula is C14H17N3O. The molecule has 0 atom stereocenters. The molecule has 2 rings (SSSR count). The summed E-state index contributed by atoms with van der Waals surface area (Å²) in [4.78, 5) is 8.40. The van der Waals surface area contributed by atoms with Gasteiger partial charge >= 0.3 is 0 Å². The van der Waals surface area contributed by atoms with E-state index in [-0.39, 0.29) is 0 Å². The molecule has 0 aliphatic carbocycles. The fraction of sp³-hybridized carbons (Fsp3) is 0.286. The molecule has 0 bridgehead atoms. The molecule has 18 heavy (non-hydrogen) atoms. The summed E-state index contributed by atoms with van der Waals surface area (Å²) in [6, 6.07) is 8.03. The zero-order valence-corrected chi connectivity index (χ0v) is 10.7. The first-order valence-electron chi connectivity index (χ1n) is 5.96. The van der Waals surface area contributed by atoms with Gasteiger partial charge in [0, 0.05) is 12.1 Å². The van der Waals surface area contributed by atoms with Crippen LogP contribution in [0.2, 0.25) is 0 Å². The van der Waals surface area contributed by atoms with Crippen molar-refractivity contribution in [2.75, 3.05) is 7.11 Å². The highest BCUT2D eigenvalue weighted by molar-refractivity contribution is 5.68. The molecule has 4 heteroatoms. The first-order chi connectivity index (χ1) is 8.78. The number of rotatable bonds is 4. The number of benzene rings is 1. The molecule has 1 heterocycles. The van der Waals surface area contributed by atoms with Crippen molar-refractivity contribution in [1.29, 1.82) is 0 Å². The van der Waals surface area contributed by atoms with Crippen molar-refractivity contribution < 1.29 is 4.74 Å². The molecule has 0 radical (unpaired) electrons. The minimum Gasteiger partial charge on any atom is -0.496 e. The normalized spacial score (nSPS) is 10.4. The third-order valence-electron chi connectivity index (χ3n) is 2.88. The summed E-state index contributed by atoms with van der Waals surface area (Å²) in [6.07, 6.45) is 2.52. The number of aryl methyl sites for hydroxylation is 1. The molecule has 0 unspecified atom stereocenters. The Morgan fingerprint density at radius 3 is 2.72 bits per heavy atom. The van der Waals surface area contributed by atoms with E-state index in [1.807, 2.05) is 12.1 Å². The molecule has 0 aliphatic rings. The highest BCUT2D eigenvalue weighted by Gasteiger charge is 2.08. The van der Waals surface area contributed by atoms with E-state index < -0.39 is 0 Å². The van der Waals surface area contributed by atoms with Crippen LogP contribution in [0.5, 0.6) is 5.75 Å². The van der Waals surface area contributed by atoms with E-state index in [1.54, 1.807) is 7.11 Å². The number of nitrogens with zero attached hydrogens (tertiary/aromatic N) is 2. The summed E-state index contributed by atoms with van der Waals surface area (Å²) in [5.74, 6) is 0.814. The van der Waals surface area contributed by atoms with Gasteiger partial charge in [0.1, 0.15) is 12.1 Å². The van der Waals surface area contributed by atoms with Gasteiger partial charge in [0.2, 0.25) is 0 Å². The molecule has 1 aromatic carbocycles. The quantitative estimate of drug-likeness (QED) is 0.894. The SMILES string of the molecule is CCc1ccc(OC)c(-c2cc(CN)ncn2)c1. The predicted molar refractivity (Wildman–Crippen MR) is 71.3 cm³/mol. The molecule has 2 aromatic rings. The Kier molecular flexibility index (Phi) is 3.89. The summed E-state index contributed by atoms with van der Waals surface area (Å²) >= 11 is 0. The van der Waals surface area contributed by atoms with E-state index in [1.165, 1.54) is 11.9 Å². The average molecular weight is 243 g/mol. The van der Waals surface area contributed by atoms with Crippen LogP contribution in [0.1, 0.15) is 18.2 Å². The summed E-state index contributed by atoms with van der Waals surface area (Å²) < 4.78 is 5.38. The number of hydrogen-bond donors (Lipinski definition) is 1. The Labute approximate surface area is 107 Å². The minimum atomic E-state index is 0.408. The molecule has 0 saturated carbocycles. The van der Waals surface area contributed by atoms with E-state index in [4.69, 9.17) is 10.5 Å². The maximum atomic E-state index is 5.60. The smallest absolute Gasteiger partial charge is 0.128 e. The Morgan fingerprint density at radius 1 is 1.22 bits per heavy atom. The van der Waals surface area contributed by atoms with Crippen LogP contribution in [0, 0.1) is 0 Å². The monoisotopic (exact) mass is 243 g/mol. The lowest BCUT2D eigenvalue weighted by Crippen LogP contribution is -2.01. The van der Waals surface area contributed by atoms with Gasteiger partial charge in [-0.3, -0.25) is 0 Å². The van der Waals surface area contributed by atoms with Crippen molar-refractivity contribution in [2.24, 2.45) is 5.73 Å². The van der Waals surface area contributed by atoms with Gasteiger partial charge < -0.3 is 10.5 Å². The van der Waals surface area contributed by atoms with E-state index in [0.29, 0.717) is 6.54 Å². The second kappa shape index (κ2) is 5.60. The largest absolute Gasteiger partial charge is 0.496 e. The Bertz CT molecular complexity index is 540. The fourth-order valence-electron chi connectivity index (χ4n) is 1.83. The lowest BCUT2D eigenvalue weighted by molar-refractivity contribution is 0.416. The Morgan fingerprint density at radius 2 is 2.06 bits per heavy atom. The van der Waals surface area contributed by atoms with Crippen LogP contribution in [0.25, 0.3) is 11.3 Å². The molecule has 0 amide bonds. The summed E-state index contributed by atoms with van der Waals surface area (Å²) in [6.45, 7) is 2.53. The molecule has 4 nitrogen and oxygen atoms in total. The van der Waals surface area contributed by atoms with E-state index >= 15 is 0 Å². The van der Waals surface area contributed by atoms with Crippen molar-refractivity contribution in [3.8, 4) is 17.0 Å². The number of aromatic nitrogens is 2. The molecule has 94 valence electrons. The third kappa shape index (κ3) is 2.49. The maximum absolute atomic E-state index is 5.60. The van der Waals surface area contributed by atoms with Gasteiger partial charge in [0.25, 0.3) is 0 Å². The van der Waals surface area contributed by atoms with E-state index in [9.17, 15) is 0 Å². The van der Waals surface area contributed by atoms with Crippen LogP contribution in [-0.2, 0) is 13.0 Å². The van der Waals surface area contributed by atoms with Crippen LogP contribution >= 0.6 is 0 Å². The Balaban J connectivity index is 2.53. The van der Waals surface area contributed by atoms with Crippen molar-refractivity contribution >= 4 is 0 Å². The average Bonchev–Trinajstić information content (AvgIpc) is 2.46. The number of nitrogens with two attached hydrogens (primary N) is 1. The van der Waals surface area contributed by atoms with E-state index in [2.05, 4.69) is 29.0 Å². The molecule has 2 N–H and O–H groups in total. The van der Waals surface area contributed by atoms with Gasteiger partial charge in [-0.25, -0.2) is 9.97 Å². The molecular weight excluding hydrogens is 226 g/mol. The molecule has 0 fully saturated rings. The Hall–Kier alpha value is -1.94. The predicted octanol–water partition coefficient (Wildman–Crippen LogP) is 2.17. The van der Waals surface area contributed by atoms with Gasteiger partial charge in [0.05, 0.1) is 18.5 Å². The number of hydrogen-bond acceptors (Lipinski definition) is 4. The zero-order chi connectivity index (χ0) is 13.0. The summed E-state index contributed by atoms with van der Waals surface area (Å²) in [5.41, 5.74) is 9.50. The van der Waals surface area contributed by atoms with Gasteiger partial charge in [-0.1, -0.05) is 13.0 Å². The van der Waals surface area contributed by atoms with Crippen molar-refractivity contribution in [3.05, 3.63) is 41.9 Å². The van der Waals surface area contributed by atoms with Gasteiger partial charge in [0.15, 0.2) is 0 Å². The standard InChI is InChI=1S/C14H17N3O/c1-3-10-4-5-14(18-2)12(6-10)13-7-11(8-15)16-9-17-13/h4-7,9H,3,8,15H2,1-2H3. The second-order valence-corrected chi connectivity index (χ2v) is 3.99. The first kappa shape index (κ1) is 12.5. The van der Waals surface area contributed by atoms with Gasteiger partial charge in [-0.05, 0) is 30.2 Å². The molecule has 0 spiro atoms. The van der Waals surface area contributed by atoms with Crippen LogP contribution in [0.15, 0.2) is 30.6 Å². The van der Waals surface area contributed by atoms with Crippen LogP contribution in [0.4, 0.5) is 0 Å². The number of methoxy groups -OCH3 is 1. The minimum absolute atomic E-state index is 0.408. The van der Waals surface area contributed by atoms with E-state index in [0.717, 1.165) is 29.1 Å². The highest BCUT2D eigenvalue weighted by atomic mass is 16.5. The lowest BCUT2D eigenvalue weighted by Gasteiger charge is -2.10. The van der Waals surface area contributed by atoms with Crippen LogP contribution in [-0.4, -0.2) is 17.1 Å². The molecule has 0 aliphatic heterocycles. The summed E-state index contributed by atoms with van der Waals surface area (Å²) in [7, 11) is 1.66. The topological polar surface area (TPSA) is 61.0 Å². The van der Waals surface area contributed by atoms with Crippen LogP contribution < -0.4 is 10.5 Å². The van der Waals surface area contributed by atoms with Crippen molar-refractivity contribution in [2.45, 2.75) is 19.9 Å². The maximum Gasteiger partial charge on any atom is 0.128 e. The van der Waals surface area contributed by atoms with Gasteiger partial charge in [-0.2, -0.15) is 0 Å². The second-order valence-electron chi connectivity index (χ2n) is 3.99. The first-order valence-corrected chi connectivity index (χ1v) is 5.96. The third-order valence-corrected chi connectivity index (χ3v) is 2.88. The zero-order valence-electron chi connectivity index (χ0n) is 10.7.